The molecule has 0 saturated heterocycles. The second-order valence-electron chi connectivity index (χ2n) is 4.88. The van der Waals surface area contributed by atoms with Gasteiger partial charge in [-0.05, 0) is 25.0 Å². The topological polar surface area (TPSA) is 86.6 Å². The summed E-state index contributed by atoms with van der Waals surface area (Å²) in [5.74, 6) is -2.22. The van der Waals surface area contributed by atoms with Crippen molar-refractivity contribution in [2.45, 2.75) is 25.7 Å². The fourth-order valence-corrected chi connectivity index (χ4v) is 2.56. The maximum atomic E-state index is 12.1. The lowest BCUT2D eigenvalue weighted by molar-refractivity contribution is -0.147. The molecule has 1 aromatic rings. The third-order valence-electron chi connectivity index (χ3n) is 3.53. The molecule has 0 aromatic heterocycles. The molecule has 5 nitrogen and oxygen atoms in total. The Kier molecular flexibility index (Phi) is 4.04. The number of phenolic OH excluding ortho intramolecular Hbond substituents is 1. The van der Waals surface area contributed by atoms with Crippen LogP contribution in [0.25, 0.3) is 0 Å². The first-order valence-electron chi connectivity index (χ1n) is 6.40. The molecular weight excluding hydrogens is 246 g/mol. The number of hydrogen-bond donors (Lipinski definition) is 3. The molecule has 0 spiro atoms. The number of anilines is 1. The number of carboxylic acids is 1. The van der Waals surface area contributed by atoms with E-state index in [1.807, 2.05) is 0 Å². The van der Waals surface area contributed by atoms with Crippen LogP contribution in [0, 0.1) is 11.8 Å². The molecule has 102 valence electrons. The van der Waals surface area contributed by atoms with Crippen molar-refractivity contribution in [2.24, 2.45) is 11.8 Å². The maximum absolute atomic E-state index is 12.1. The van der Waals surface area contributed by atoms with Gasteiger partial charge >= 0.3 is 5.97 Å². The molecule has 0 bridgehead atoms. The lowest BCUT2D eigenvalue weighted by atomic mass is 9.78. The molecule has 1 fully saturated rings. The number of carbonyl (C=O) groups excluding carboxylic acids is 1. The summed E-state index contributed by atoms with van der Waals surface area (Å²) in [7, 11) is 0. The number of aliphatic carboxylic acids is 1. The Bertz CT molecular complexity index is 486. The van der Waals surface area contributed by atoms with Gasteiger partial charge in [-0.15, -0.1) is 0 Å². The molecule has 0 radical (unpaired) electrons. The molecule has 5 heteroatoms. The van der Waals surface area contributed by atoms with Crippen LogP contribution in [0.2, 0.25) is 0 Å². The van der Waals surface area contributed by atoms with E-state index in [9.17, 15) is 14.7 Å². The third-order valence-corrected chi connectivity index (χ3v) is 3.53. The van der Waals surface area contributed by atoms with Crippen molar-refractivity contribution in [3.63, 3.8) is 0 Å². The first kappa shape index (κ1) is 13.4. The lowest BCUT2D eigenvalue weighted by Crippen LogP contribution is -2.36. The van der Waals surface area contributed by atoms with E-state index in [2.05, 4.69) is 5.32 Å². The predicted octanol–water partition coefficient (Wildman–Crippen LogP) is 2.22. The SMILES string of the molecule is O=C(O)[C@H]1CCCC[C@H]1C(=O)Nc1cccc(O)c1. The van der Waals surface area contributed by atoms with Crippen LogP contribution < -0.4 is 5.32 Å². The van der Waals surface area contributed by atoms with Gasteiger partial charge in [-0.2, -0.15) is 0 Å². The van der Waals surface area contributed by atoms with Gasteiger partial charge in [0.05, 0.1) is 11.8 Å². The number of carboxylic acid groups (broad SMARTS) is 1. The molecule has 0 heterocycles. The molecule has 3 N–H and O–H groups in total. The van der Waals surface area contributed by atoms with E-state index in [4.69, 9.17) is 5.11 Å². The number of carbonyl (C=O) groups is 2. The molecule has 1 amide bonds. The van der Waals surface area contributed by atoms with Crippen LogP contribution in [-0.4, -0.2) is 22.1 Å². The minimum atomic E-state index is -0.907. The standard InChI is InChI=1S/C14H17NO4/c16-10-5-3-4-9(8-10)15-13(17)11-6-1-2-7-12(11)14(18)19/h3-5,8,11-12,16H,1-2,6-7H2,(H,15,17)(H,18,19)/t11-,12+/m1/s1. The third kappa shape index (κ3) is 3.24. The summed E-state index contributed by atoms with van der Waals surface area (Å²) < 4.78 is 0. The van der Waals surface area contributed by atoms with Crippen molar-refractivity contribution in [3.8, 4) is 5.75 Å². The zero-order chi connectivity index (χ0) is 13.8. The summed E-state index contributed by atoms with van der Waals surface area (Å²) >= 11 is 0. The Morgan fingerprint density at radius 3 is 2.47 bits per heavy atom. The number of amides is 1. The zero-order valence-corrected chi connectivity index (χ0v) is 10.5. The van der Waals surface area contributed by atoms with Gasteiger partial charge in [-0.3, -0.25) is 9.59 Å². The van der Waals surface area contributed by atoms with E-state index < -0.39 is 17.8 Å². The molecule has 1 aromatic carbocycles. The van der Waals surface area contributed by atoms with Gasteiger partial charge in [-0.25, -0.2) is 0 Å². The van der Waals surface area contributed by atoms with Crippen molar-refractivity contribution < 1.29 is 19.8 Å². The first-order valence-corrected chi connectivity index (χ1v) is 6.40. The van der Waals surface area contributed by atoms with Crippen molar-refractivity contribution in [1.29, 1.82) is 0 Å². The minimum absolute atomic E-state index is 0.0660. The summed E-state index contributed by atoms with van der Waals surface area (Å²) in [6.45, 7) is 0. The number of aromatic hydroxyl groups is 1. The minimum Gasteiger partial charge on any atom is -0.508 e. The normalized spacial score (nSPS) is 22.7. The summed E-state index contributed by atoms with van der Waals surface area (Å²) in [6.07, 6.45) is 2.88. The average Bonchev–Trinajstić information content (AvgIpc) is 2.38. The Hall–Kier alpha value is -2.04. The molecule has 0 unspecified atom stereocenters. The van der Waals surface area contributed by atoms with Crippen LogP contribution in [0.5, 0.6) is 5.75 Å². The Labute approximate surface area is 111 Å². The van der Waals surface area contributed by atoms with Crippen molar-refractivity contribution in [1.82, 2.24) is 0 Å². The second kappa shape index (κ2) is 5.73. The highest BCUT2D eigenvalue weighted by molar-refractivity contribution is 5.95. The zero-order valence-electron chi connectivity index (χ0n) is 10.5. The van der Waals surface area contributed by atoms with E-state index in [1.165, 1.54) is 12.1 Å². The highest BCUT2D eigenvalue weighted by Crippen LogP contribution is 2.31. The molecule has 2 atom stereocenters. The molecule has 1 aliphatic rings. The van der Waals surface area contributed by atoms with Crippen LogP contribution in [0.1, 0.15) is 25.7 Å². The fraction of sp³-hybridized carbons (Fsp3) is 0.429. The Morgan fingerprint density at radius 2 is 1.84 bits per heavy atom. The molecule has 1 aliphatic carbocycles. The van der Waals surface area contributed by atoms with Gasteiger partial charge < -0.3 is 15.5 Å². The van der Waals surface area contributed by atoms with E-state index >= 15 is 0 Å². The van der Waals surface area contributed by atoms with Gasteiger partial charge in [0.25, 0.3) is 0 Å². The van der Waals surface area contributed by atoms with Gasteiger partial charge in [0, 0.05) is 11.8 Å². The number of benzene rings is 1. The first-order chi connectivity index (χ1) is 9.08. The quantitative estimate of drug-likeness (QED) is 0.780. The summed E-state index contributed by atoms with van der Waals surface area (Å²) in [5.41, 5.74) is 0.486. The van der Waals surface area contributed by atoms with Gasteiger partial charge in [0.1, 0.15) is 5.75 Å². The maximum Gasteiger partial charge on any atom is 0.307 e. The number of phenols is 1. The lowest BCUT2D eigenvalue weighted by Gasteiger charge is -2.27. The van der Waals surface area contributed by atoms with Crippen LogP contribution in [0.4, 0.5) is 5.69 Å². The fourth-order valence-electron chi connectivity index (χ4n) is 2.56. The highest BCUT2D eigenvalue weighted by atomic mass is 16.4. The van der Waals surface area contributed by atoms with Gasteiger partial charge in [0.15, 0.2) is 0 Å². The van der Waals surface area contributed by atoms with Crippen LogP contribution in [0.3, 0.4) is 0 Å². The molecule has 2 rings (SSSR count). The van der Waals surface area contributed by atoms with Gasteiger partial charge in [0.2, 0.25) is 5.91 Å². The van der Waals surface area contributed by atoms with Crippen LogP contribution in [-0.2, 0) is 9.59 Å². The number of rotatable bonds is 3. The largest absolute Gasteiger partial charge is 0.508 e. The van der Waals surface area contributed by atoms with Crippen molar-refractivity contribution in [2.75, 3.05) is 5.32 Å². The van der Waals surface area contributed by atoms with Crippen LogP contribution in [0.15, 0.2) is 24.3 Å². The average molecular weight is 263 g/mol. The predicted molar refractivity (Wildman–Crippen MR) is 69.8 cm³/mol. The summed E-state index contributed by atoms with van der Waals surface area (Å²) in [4.78, 5) is 23.3. The second-order valence-corrected chi connectivity index (χ2v) is 4.88. The molecule has 19 heavy (non-hydrogen) atoms. The monoisotopic (exact) mass is 263 g/mol. The smallest absolute Gasteiger partial charge is 0.307 e. The van der Waals surface area contributed by atoms with Crippen molar-refractivity contribution in [3.05, 3.63) is 24.3 Å². The molecule has 1 saturated carbocycles. The van der Waals surface area contributed by atoms with Crippen molar-refractivity contribution >= 4 is 17.6 Å². The molecular formula is C14H17NO4. The van der Waals surface area contributed by atoms with E-state index in [0.29, 0.717) is 18.5 Å². The summed E-state index contributed by atoms with van der Waals surface area (Å²) in [5, 5.41) is 21.2. The number of hydrogen-bond acceptors (Lipinski definition) is 3. The molecule has 0 aliphatic heterocycles. The summed E-state index contributed by atoms with van der Waals surface area (Å²) in [6, 6.07) is 6.24. The number of nitrogens with one attached hydrogen (secondary N) is 1. The van der Waals surface area contributed by atoms with E-state index in [-0.39, 0.29) is 11.7 Å². The Balaban J connectivity index is 2.07. The van der Waals surface area contributed by atoms with E-state index in [0.717, 1.165) is 12.8 Å². The van der Waals surface area contributed by atoms with Gasteiger partial charge in [-0.1, -0.05) is 18.9 Å². The van der Waals surface area contributed by atoms with Crippen LogP contribution >= 0.6 is 0 Å². The Morgan fingerprint density at radius 1 is 1.16 bits per heavy atom. The van der Waals surface area contributed by atoms with E-state index in [1.54, 1.807) is 12.1 Å². The highest BCUT2D eigenvalue weighted by Gasteiger charge is 2.35.